The summed E-state index contributed by atoms with van der Waals surface area (Å²) in [6.07, 6.45) is 1.74. The van der Waals surface area contributed by atoms with Crippen LogP contribution in [0.5, 0.6) is 0 Å². The Balaban J connectivity index is 2.20. The fraction of sp³-hybridized carbons (Fsp3) is 0.0714. The molecule has 0 spiro atoms. The molecule has 0 unspecified atom stereocenters. The maximum atomic E-state index is 10.6. The van der Waals surface area contributed by atoms with E-state index >= 15 is 0 Å². The molecule has 16 heavy (non-hydrogen) atoms. The SMILES string of the molecule is O=Cc1cccc(Cc2ccc(Br)cc2)c1. The number of aldehydes is 1. The summed E-state index contributed by atoms with van der Waals surface area (Å²) in [5, 5.41) is 0. The van der Waals surface area contributed by atoms with Gasteiger partial charge in [0.1, 0.15) is 6.29 Å². The lowest BCUT2D eigenvalue weighted by molar-refractivity contribution is 0.112. The van der Waals surface area contributed by atoms with Crippen LogP contribution in [0.4, 0.5) is 0 Å². The first-order chi connectivity index (χ1) is 7.78. The van der Waals surface area contributed by atoms with Gasteiger partial charge in [-0.15, -0.1) is 0 Å². The molecule has 2 heteroatoms. The largest absolute Gasteiger partial charge is 0.298 e. The van der Waals surface area contributed by atoms with Gasteiger partial charge < -0.3 is 0 Å². The summed E-state index contributed by atoms with van der Waals surface area (Å²) in [6, 6.07) is 15.9. The van der Waals surface area contributed by atoms with Gasteiger partial charge in [-0.3, -0.25) is 4.79 Å². The van der Waals surface area contributed by atoms with Crippen molar-refractivity contribution in [2.75, 3.05) is 0 Å². The van der Waals surface area contributed by atoms with E-state index < -0.39 is 0 Å². The zero-order valence-corrected chi connectivity index (χ0v) is 10.3. The number of carbonyl (C=O) groups excluding carboxylic acids is 1. The first-order valence-electron chi connectivity index (χ1n) is 5.06. The molecule has 0 aliphatic heterocycles. The minimum absolute atomic E-state index is 0.731. The number of benzene rings is 2. The molecule has 0 bridgehead atoms. The molecule has 0 aliphatic carbocycles. The first-order valence-corrected chi connectivity index (χ1v) is 5.86. The van der Waals surface area contributed by atoms with Gasteiger partial charge in [0, 0.05) is 10.0 Å². The van der Waals surface area contributed by atoms with Crippen molar-refractivity contribution >= 4 is 22.2 Å². The van der Waals surface area contributed by atoms with Gasteiger partial charge in [0.05, 0.1) is 0 Å². The molecule has 0 N–H and O–H groups in total. The third kappa shape index (κ3) is 2.80. The lowest BCUT2D eigenvalue weighted by atomic mass is 10.0. The van der Waals surface area contributed by atoms with Crippen LogP contribution in [0.2, 0.25) is 0 Å². The molecule has 80 valence electrons. The highest BCUT2D eigenvalue weighted by Gasteiger charge is 1.97. The van der Waals surface area contributed by atoms with Gasteiger partial charge in [-0.05, 0) is 35.7 Å². The van der Waals surface area contributed by atoms with Gasteiger partial charge in [-0.25, -0.2) is 0 Å². The molecule has 2 rings (SSSR count). The van der Waals surface area contributed by atoms with Crippen molar-refractivity contribution in [3.63, 3.8) is 0 Å². The Morgan fingerprint density at radius 1 is 1.00 bits per heavy atom. The predicted octanol–water partition coefficient (Wildman–Crippen LogP) is 3.85. The van der Waals surface area contributed by atoms with Crippen LogP contribution in [0, 0.1) is 0 Å². The van der Waals surface area contributed by atoms with E-state index in [1.165, 1.54) is 5.56 Å². The first kappa shape index (κ1) is 11.1. The zero-order chi connectivity index (χ0) is 11.4. The van der Waals surface area contributed by atoms with Crippen molar-refractivity contribution in [1.82, 2.24) is 0 Å². The second-order valence-corrected chi connectivity index (χ2v) is 4.58. The van der Waals surface area contributed by atoms with Crippen molar-refractivity contribution < 1.29 is 4.79 Å². The van der Waals surface area contributed by atoms with E-state index in [0.717, 1.165) is 28.3 Å². The Labute approximate surface area is 103 Å². The zero-order valence-electron chi connectivity index (χ0n) is 8.69. The molecule has 0 aromatic heterocycles. The second-order valence-electron chi connectivity index (χ2n) is 3.67. The maximum Gasteiger partial charge on any atom is 0.150 e. The highest BCUT2D eigenvalue weighted by atomic mass is 79.9. The molecule has 2 aromatic rings. The molecule has 1 nitrogen and oxygen atoms in total. The van der Waals surface area contributed by atoms with Gasteiger partial charge in [-0.2, -0.15) is 0 Å². The Morgan fingerprint density at radius 3 is 2.44 bits per heavy atom. The van der Waals surface area contributed by atoms with Crippen LogP contribution < -0.4 is 0 Å². The van der Waals surface area contributed by atoms with Crippen LogP contribution in [-0.4, -0.2) is 6.29 Å². The number of rotatable bonds is 3. The molecule has 0 radical (unpaired) electrons. The van der Waals surface area contributed by atoms with Crippen molar-refractivity contribution in [2.24, 2.45) is 0 Å². The second kappa shape index (κ2) is 5.08. The average molecular weight is 275 g/mol. The Morgan fingerprint density at radius 2 is 1.75 bits per heavy atom. The lowest BCUT2D eigenvalue weighted by Gasteiger charge is -2.02. The highest BCUT2D eigenvalue weighted by molar-refractivity contribution is 9.10. The number of hydrogen-bond donors (Lipinski definition) is 0. The number of carbonyl (C=O) groups is 1. The van der Waals surface area contributed by atoms with Crippen LogP contribution in [0.15, 0.2) is 53.0 Å². The van der Waals surface area contributed by atoms with Crippen molar-refractivity contribution in [2.45, 2.75) is 6.42 Å². The molecule has 0 aliphatic rings. The average Bonchev–Trinajstić information content (AvgIpc) is 2.32. The fourth-order valence-corrected chi connectivity index (χ4v) is 1.88. The topological polar surface area (TPSA) is 17.1 Å². The van der Waals surface area contributed by atoms with Crippen LogP contribution in [-0.2, 0) is 6.42 Å². The van der Waals surface area contributed by atoms with Crippen LogP contribution in [0.3, 0.4) is 0 Å². The van der Waals surface area contributed by atoms with E-state index in [0.29, 0.717) is 0 Å². The normalized spacial score (nSPS) is 10.1. The quantitative estimate of drug-likeness (QED) is 0.777. The van der Waals surface area contributed by atoms with Gasteiger partial charge in [0.15, 0.2) is 0 Å². The van der Waals surface area contributed by atoms with Crippen LogP contribution in [0.1, 0.15) is 21.5 Å². The van der Waals surface area contributed by atoms with E-state index in [2.05, 4.69) is 28.1 Å². The summed E-state index contributed by atoms with van der Waals surface area (Å²) >= 11 is 3.41. The molecule has 0 amide bonds. The molecular weight excluding hydrogens is 264 g/mol. The molecule has 0 heterocycles. The van der Waals surface area contributed by atoms with Gasteiger partial charge in [-0.1, -0.05) is 46.3 Å². The number of hydrogen-bond acceptors (Lipinski definition) is 1. The van der Waals surface area contributed by atoms with Crippen LogP contribution >= 0.6 is 15.9 Å². The van der Waals surface area contributed by atoms with Crippen molar-refractivity contribution in [3.05, 3.63) is 69.7 Å². The maximum absolute atomic E-state index is 10.6. The van der Waals surface area contributed by atoms with E-state index in [1.807, 2.05) is 36.4 Å². The summed E-state index contributed by atoms with van der Waals surface area (Å²) in [5.41, 5.74) is 3.13. The predicted molar refractivity (Wildman–Crippen MR) is 68.8 cm³/mol. The van der Waals surface area contributed by atoms with Crippen molar-refractivity contribution in [1.29, 1.82) is 0 Å². The molecular formula is C14H11BrO. The van der Waals surface area contributed by atoms with E-state index in [-0.39, 0.29) is 0 Å². The van der Waals surface area contributed by atoms with Gasteiger partial charge >= 0.3 is 0 Å². The van der Waals surface area contributed by atoms with E-state index in [1.54, 1.807) is 0 Å². The monoisotopic (exact) mass is 274 g/mol. The molecule has 0 saturated carbocycles. The summed E-state index contributed by atoms with van der Waals surface area (Å²) in [6.45, 7) is 0. The third-order valence-electron chi connectivity index (χ3n) is 2.41. The minimum atomic E-state index is 0.731. The van der Waals surface area contributed by atoms with E-state index in [9.17, 15) is 4.79 Å². The standard InChI is InChI=1S/C14H11BrO/c15-14-6-4-11(5-7-14)8-12-2-1-3-13(9-12)10-16/h1-7,9-10H,8H2. The lowest BCUT2D eigenvalue weighted by Crippen LogP contribution is -1.89. The molecule has 2 aromatic carbocycles. The summed E-state index contributed by atoms with van der Waals surface area (Å²) in [5.74, 6) is 0. The number of halogens is 1. The molecule has 0 fully saturated rings. The summed E-state index contributed by atoms with van der Waals surface area (Å²) in [7, 11) is 0. The van der Waals surface area contributed by atoms with Gasteiger partial charge in [0.2, 0.25) is 0 Å². The summed E-state index contributed by atoms with van der Waals surface area (Å²) in [4.78, 5) is 10.6. The van der Waals surface area contributed by atoms with Gasteiger partial charge in [0.25, 0.3) is 0 Å². The Kier molecular flexibility index (Phi) is 3.52. The Bertz CT molecular complexity index is 488. The fourth-order valence-electron chi connectivity index (χ4n) is 1.61. The van der Waals surface area contributed by atoms with E-state index in [4.69, 9.17) is 0 Å². The summed E-state index contributed by atoms with van der Waals surface area (Å²) < 4.78 is 1.08. The minimum Gasteiger partial charge on any atom is -0.298 e. The van der Waals surface area contributed by atoms with Crippen LogP contribution in [0.25, 0.3) is 0 Å². The Hall–Kier alpha value is -1.41. The van der Waals surface area contributed by atoms with Crippen molar-refractivity contribution in [3.8, 4) is 0 Å². The highest BCUT2D eigenvalue weighted by Crippen LogP contribution is 2.14. The smallest absolute Gasteiger partial charge is 0.150 e. The third-order valence-corrected chi connectivity index (χ3v) is 2.94. The molecule has 0 atom stereocenters. The molecule has 0 saturated heterocycles.